The molecular weight excluding hydrogens is 446 g/mol. The van der Waals surface area contributed by atoms with E-state index in [2.05, 4.69) is 16.5 Å². The first-order valence-corrected chi connectivity index (χ1v) is 11.3. The summed E-state index contributed by atoms with van der Waals surface area (Å²) in [5.74, 6) is -0.779. The zero-order chi connectivity index (χ0) is 25.9. The number of amides is 3. The van der Waals surface area contributed by atoms with Gasteiger partial charge in [0.1, 0.15) is 12.2 Å². The Kier molecular flexibility index (Phi) is 7.25. The normalized spacial score (nSPS) is 15.1. The van der Waals surface area contributed by atoms with Crippen LogP contribution in [0.25, 0.3) is 11.3 Å². The number of nitriles is 2. The lowest BCUT2D eigenvalue weighted by Crippen LogP contribution is -2.47. The van der Waals surface area contributed by atoms with Gasteiger partial charge in [0.25, 0.3) is 5.91 Å². The maximum Gasteiger partial charge on any atom is 0.272 e. The van der Waals surface area contributed by atoms with Gasteiger partial charge in [-0.2, -0.15) is 15.6 Å². The molecule has 3 rings (SSSR count). The maximum atomic E-state index is 13.2. The van der Waals surface area contributed by atoms with Gasteiger partial charge < -0.3 is 15.1 Å². The number of rotatable bonds is 6. The van der Waals surface area contributed by atoms with Gasteiger partial charge in [0.15, 0.2) is 0 Å². The average molecular weight is 476 g/mol. The van der Waals surface area contributed by atoms with Crippen LogP contribution in [0.2, 0.25) is 0 Å². The SMILES string of the molecule is C[C@H]1CN(CC(=O)N(C)CCC#N)C(=O)c2cc(-c3ccc(C#N)cc3NC(=O)C(C)(C)C)nn21. The van der Waals surface area contributed by atoms with Gasteiger partial charge >= 0.3 is 0 Å². The predicted octanol–water partition coefficient (Wildman–Crippen LogP) is 2.80. The summed E-state index contributed by atoms with van der Waals surface area (Å²) in [7, 11) is 1.61. The molecule has 2 heterocycles. The van der Waals surface area contributed by atoms with Crippen molar-refractivity contribution in [2.24, 2.45) is 5.41 Å². The summed E-state index contributed by atoms with van der Waals surface area (Å²) in [5, 5.41) is 25.6. The van der Waals surface area contributed by atoms with Crippen LogP contribution >= 0.6 is 0 Å². The second-order valence-electron chi connectivity index (χ2n) is 9.69. The standard InChI is InChI=1S/C25H29N7O3/c1-16-14-31(15-22(33)30(5)10-6-9-26)23(34)21-12-20(29-32(16)21)18-8-7-17(13-27)11-19(18)28-24(35)25(2,3)4/h7-8,11-12,16H,6,10,14-15H2,1-5H3,(H,28,35)/t16-/m0/s1. The van der Waals surface area contributed by atoms with E-state index in [1.165, 1.54) is 9.80 Å². The quantitative estimate of drug-likeness (QED) is 0.682. The van der Waals surface area contributed by atoms with E-state index in [0.29, 0.717) is 41.3 Å². The molecule has 1 aromatic heterocycles. The van der Waals surface area contributed by atoms with E-state index in [1.54, 1.807) is 56.8 Å². The summed E-state index contributed by atoms with van der Waals surface area (Å²) in [6, 6.07) is 10.5. The molecule has 1 atom stereocenters. The number of fused-ring (bicyclic) bond motifs is 1. The lowest BCUT2D eigenvalue weighted by atomic mass is 9.95. The fourth-order valence-electron chi connectivity index (χ4n) is 3.68. The van der Waals surface area contributed by atoms with E-state index in [-0.39, 0.29) is 36.7 Å². The van der Waals surface area contributed by atoms with Crippen LogP contribution in [0.5, 0.6) is 0 Å². The molecule has 0 unspecified atom stereocenters. The van der Waals surface area contributed by atoms with Gasteiger partial charge in [0.2, 0.25) is 11.8 Å². The molecule has 1 aromatic carbocycles. The highest BCUT2D eigenvalue weighted by Crippen LogP contribution is 2.32. The van der Waals surface area contributed by atoms with Gasteiger partial charge in [-0.15, -0.1) is 0 Å². The van der Waals surface area contributed by atoms with E-state index in [9.17, 15) is 19.6 Å². The fourth-order valence-corrected chi connectivity index (χ4v) is 3.68. The zero-order valence-electron chi connectivity index (χ0n) is 20.6. The number of aromatic nitrogens is 2. The molecule has 182 valence electrons. The summed E-state index contributed by atoms with van der Waals surface area (Å²) in [5.41, 5.74) is 1.58. The van der Waals surface area contributed by atoms with Crippen molar-refractivity contribution in [3.8, 4) is 23.4 Å². The molecule has 1 N–H and O–H groups in total. The van der Waals surface area contributed by atoms with Crippen molar-refractivity contribution in [3.05, 3.63) is 35.5 Å². The minimum absolute atomic E-state index is 0.0879. The van der Waals surface area contributed by atoms with E-state index in [0.717, 1.165) is 0 Å². The number of likely N-dealkylation sites (N-methyl/N-ethyl adjacent to an activating group) is 1. The molecule has 35 heavy (non-hydrogen) atoms. The maximum absolute atomic E-state index is 13.2. The van der Waals surface area contributed by atoms with E-state index >= 15 is 0 Å². The number of anilines is 1. The molecule has 0 saturated heterocycles. The summed E-state index contributed by atoms with van der Waals surface area (Å²) in [6.45, 7) is 7.81. The molecule has 0 spiro atoms. The van der Waals surface area contributed by atoms with Crippen molar-refractivity contribution in [1.82, 2.24) is 19.6 Å². The van der Waals surface area contributed by atoms with Crippen LogP contribution in [0.3, 0.4) is 0 Å². The van der Waals surface area contributed by atoms with Crippen LogP contribution in [-0.4, -0.2) is 64.0 Å². The molecule has 10 nitrogen and oxygen atoms in total. The van der Waals surface area contributed by atoms with Crippen molar-refractivity contribution in [2.45, 2.75) is 40.2 Å². The smallest absolute Gasteiger partial charge is 0.272 e. The largest absolute Gasteiger partial charge is 0.343 e. The zero-order valence-corrected chi connectivity index (χ0v) is 20.6. The molecule has 1 aliphatic rings. The third kappa shape index (κ3) is 5.49. The molecule has 2 aromatic rings. The van der Waals surface area contributed by atoms with Crippen LogP contribution < -0.4 is 5.32 Å². The fraction of sp³-hybridized carbons (Fsp3) is 0.440. The van der Waals surface area contributed by atoms with Crippen LogP contribution in [0, 0.1) is 28.1 Å². The molecule has 1 aliphatic heterocycles. The Morgan fingerprint density at radius 3 is 2.60 bits per heavy atom. The van der Waals surface area contributed by atoms with Crippen molar-refractivity contribution < 1.29 is 14.4 Å². The minimum atomic E-state index is -0.648. The molecule has 3 amide bonds. The Labute approximate surface area is 204 Å². The number of hydrogen-bond acceptors (Lipinski definition) is 6. The number of benzene rings is 1. The van der Waals surface area contributed by atoms with Crippen LogP contribution in [0.4, 0.5) is 5.69 Å². The highest BCUT2D eigenvalue weighted by atomic mass is 16.2. The van der Waals surface area contributed by atoms with Crippen molar-refractivity contribution in [1.29, 1.82) is 10.5 Å². The Balaban J connectivity index is 1.92. The second-order valence-corrected chi connectivity index (χ2v) is 9.69. The predicted molar refractivity (Wildman–Crippen MR) is 129 cm³/mol. The lowest BCUT2D eigenvalue weighted by molar-refractivity contribution is -0.130. The second kappa shape index (κ2) is 9.98. The molecule has 0 fully saturated rings. The summed E-state index contributed by atoms with van der Waals surface area (Å²) < 4.78 is 1.63. The van der Waals surface area contributed by atoms with Gasteiger partial charge in [0, 0.05) is 31.1 Å². The summed E-state index contributed by atoms with van der Waals surface area (Å²) in [4.78, 5) is 41.3. The number of carbonyl (C=O) groups excluding carboxylic acids is 3. The lowest BCUT2D eigenvalue weighted by Gasteiger charge is -2.32. The molecule has 10 heteroatoms. The minimum Gasteiger partial charge on any atom is -0.343 e. The molecule has 0 bridgehead atoms. The van der Waals surface area contributed by atoms with Crippen molar-refractivity contribution in [2.75, 3.05) is 32.0 Å². The summed E-state index contributed by atoms with van der Waals surface area (Å²) >= 11 is 0. The Morgan fingerprint density at radius 2 is 1.97 bits per heavy atom. The third-order valence-electron chi connectivity index (χ3n) is 5.81. The Morgan fingerprint density at radius 1 is 1.26 bits per heavy atom. The topological polar surface area (TPSA) is 135 Å². The van der Waals surface area contributed by atoms with E-state index in [1.807, 2.05) is 13.0 Å². The number of hydrogen-bond donors (Lipinski definition) is 1. The van der Waals surface area contributed by atoms with Gasteiger partial charge in [-0.05, 0) is 31.2 Å². The summed E-state index contributed by atoms with van der Waals surface area (Å²) in [6.07, 6.45) is 0.224. The highest BCUT2D eigenvalue weighted by molar-refractivity contribution is 6.00. The van der Waals surface area contributed by atoms with Crippen molar-refractivity contribution >= 4 is 23.4 Å². The molecular formula is C25H29N7O3. The molecule has 0 aliphatic carbocycles. The van der Waals surface area contributed by atoms with Gasteiger partial charge in [-0.3, -0.25) is 19.1 Å². The third-order valence-corrected chi connectivity index (χ3v) is 5.81. The number of nitrogens with zero attached hydrogens (tertiary/aromatic N) is 6. The van der Waals surface area contributed by atoms with Crippen LogP contribution in [0.15, 0.2) is 24.3 Å². The van der Waals surface area contributed by atoms with E-state index in [4.69, 9.17) is 5.26 Å². The molecule has 0 saturated carbocycles. The number of carbonyl (C=O) groups is 3. The van der Waals surface area contributed by atoms with Crippen LogP contribution in [-0.2, 0) is 9.59 Å². The molecule has 0 radical (unpaired) electrons. The van der Waals surface area contributed by atoms with Gasteiger partial charge in [0.05, 0.1) is 41.5 Å². The highest BCUT2D eigenvalue weighted by Gasteiger charge is 2.33. The first-order chi connectivity index (χ1) is 16.5. The Bertz CT molecular complexity index is 1240. The first-order valence-electron chi connectivity index (χ1n) is 11.3. The van der Waals surface area contributed by atoms with Crippen LogP contribution in [0.1, 0.15) is 56.2 Å². The average Bonchev–Trinajstić information content (AvgIpc) is 3.26. The Hall–Kier alpha value is -4.18. The van der Waals surface area contributed by atoms with Gasteiger partial charge in [-0.1, -0.05) is 20.8 Å². The monoisotopic (exact) mass is 475 g/mol. The number of nitrogens with one attached hydrogen (secondary N) is 1. The van der Waals surface area contributed by atoms with E-state index < -0.39 is 5.41 Å². The van der Waals surface area contributed by atoms with Gasteiger partial charge in [-0.25, -0.2) is 0 Å². The first kappa shape index (κ1) is 25.4. The van der Waals surface area contributed by atoms with Crippen molar-refractivity contribution in [3.63, 3.8) is 0 Å².